The maximum absolute atomic E-state index is 13.3. The number of nitrogens with one attached hydrogen (secondary N) is 1. The molecule has 0 radical (unpaired) electrons. The number of rotatable bonds is 5. The molecule has 170 valence electrons. The van der Waals surface area contributed by atoms with Crippen molar-refractivity contribution in [2.24, 2.45) is 0 Å². The summed E-state index contributed by atoms with van der Waals surface area (Å²) in [6.07, 6.45) is 4.04. The highest BCUT2D eigenvalue weighted by Crippen LogP contribution is 2.31. The highest BCUT2D eigenvalue weighted by atomic mass is 19.1. The van der Waals surface area contributed by atoms with Gasteiger partial charge in [-0.15, -0.1) is 0 Å². The van der Waals surface area contributed by atoms with Gasteiger partial charge < -0.3 is 15.0 Å². The average Bonchev–Trinajstić information content (AvgIpc) is 2.84. The molecular formula is C25H25FN4O3. The number of amides is 2. The fourth-order valence-corrected chi connectivity index (χ4v) is 4.01. The van der Waals surface area contributed by atoms with Crippen molar-refractivity contribution in [3.8, 4) is 5.75 Å². The Morgan fingerprint density at radius 1 is 1.12 bits per heavy atom. The summed E-state index contributed by atoms with van der Waals surface area (Å²) in [5, 5.41) is 2.83. The molecule has 1 aromatic heterocycles. The van der Waals surface area contributed by atoms with Gasteiger partial charge in [0.25, 0.3) is 11.8 Å². The monoisotopic (exact) mass is 448 g/mol. The summed E-state index contributed by atoms with van der Waals surface area (Å²) in [5.41, 5.74) is 1.84. The maximum Gasteiger partial charge on any atom is 0.259 e. The molecule has 1 atom stereocenters. The summed E-state index contributed by atoms with van der Waals surface area (Å²) >= 11 is 0. The normalized spacial score (nSPS) is 15.7. The first-order valence-corrected chi connectivity index (χ1v) is 10.8. The Morgan fingerprint density at radius 2 is 1.88 bits per heavy atom. The van der Waals surface area contributed by atoms with E-state index < -0.39 is 0 Å². The van der Waals surface area contributed by atoms with Gasteiger partial charge in [-0.2, -0.15) is 0 Å². The minimum atomic E-state index is -0.386. The third-order valence-electron chi connectivity index (χ3n) is 5.75. The van der Waals surface area contributed by atoms with Crippen LogP contribution in [0.5, 0.6) is 5.75 Å². The van der Waals surface area contributed by atoms with Crippen molar-refractivity contribution in [1.29, 1.82) is 0 Å². The number of anilines is 1. The third kappa shape index (κ3) is 4.84. The first kappa shape index (κ1) is 22.4. The number of methoxy groups -OCH3 is 1. The molecular weight excluding hydrogens is 423 g/mol. The fraction of sp³-hybridized carbons (Fsp3) is 0.280. The van der Waals surface area contributed by atoms with Crippen molar-refractivity contribution in [3.05, 3.63) is 83.2 Å². The molecule has 2 heterocycles. The number of aryl methyl sites for hydroxylation is 1. The lowest BCUT2D eigenvalue weighted by molar-refractivity contribution is 0.0599. The van der Waals surface area contributed by atoms with Gasteiger partial charge in [0.2, 0.25) is 0 Å². The molecule has 8 heteroatoms. The molecule has 0 bridgehead atoms. The number of carbonyl (C=O) groups excluding carboxylic acids is 2. The van der Waals surface area contributed by atoms with E-state index in [9.17, 15) is 14.0 Å². The van der Waals surface area contributed by atoms with Crippen LogP contribution in [0.1, 0.15) is 57.5 Å². The zero-order valence-electron chi connectivity index (χ0n) is 18.5. The minimum Gasteiger partial charge on any atom is -0.495 e. The lowest BCUT2D eigenvalue weighted by atomic mass is 9.99. The van der Waals surface area contributed by atoms with E-state index in [1.165, 1.54) is 37.6 Å². The molecule has 7 nitrogen and oxygen atoms in total. The molecule has 3 aromatic rings. The van der Waals surface area contributed by atoms with Gasteiger partial charge in [0.1, 0.15) is 11.6 Å². The molecule has 1 unspecified atom stereocenters. The third-order valence-corrected chi connectivity index (χ3v) is 5.75. The first-order valence-electron chi connectivity index (χ1n) is 10.8. The van der Waals surface area contributed by atoms with E-state index >= 15 is 0 Å². The number of hydrogen-bond acceptors (Lipinski definition) is 5. The van der Waals surface area contributed by atoms with Crippen LogP contribution in [0.25, 0.3) is 0 Å². The van der Waals surface area contributed by atoms with E-state index in [4.69, 9.17) is 4.74 Å². The van der Waals surface area contributed by atoms with E-state index in [1.807, 2.05) is 6.07 Å². The lowest BCUT2D eigenvalue weighted by Crippen LogP contribution is -2.39. The van der Waals surface area contributed by atoms with Gasteiger partial charge in [-0.05, 0) is 62.6 Å². The minimum absolute atomic E-state index is 0.182. The molecule has 0 spiro atoms. The van der Waals surface area contributed by atoms with Gasteiger partial charge in [-0.25, -0.2) is 14.4 Å². The molecule has 1 aliphatic rings. The van der Waals surface area contributed by atoms with E-state index in [0.717, 1.165) is 19.3 Å². The number of nitrogens with zero attached hydrogens (tertiary/aromatic N) is 3. The molecule has 0 saturated carbocycles. The summed E-state index contributed by atoms with van der Waals surface area (Å²) in [6, 6.07) is 12.4. The van der Waals surface area contributed by atoms with Crippen LogP contribution in [0.4, 0.5) is 10.1 Å². The number of piperidine rings is 1. The number of ether oxygens (including phenoxy) is 1. The highest BCUT2D eigenvalue weighted by Gasteiger charge is 2.31. The van der Waals surface area contributed by atoms with E-state index in [0.29, 0.717) is 40.6 Å². The second kappa shape index (κ2) is 9.77. The quantitative estimate of drug-likeness (QED) is 0.619. The van der Waals surface area contributed by atoms with Crippen LogP contribution in [0.2, 0.25) is 0 Å². The smallest absolute Gasteiger partial charge is 0.259 e. The van der Waals surface area contributed by atoms with Crippen LogP contribution in [0.15, 0.2) is 54.7 Å². The van der Waals surface area contributed by atoms with Crippen LogP contribution >= 0.6 is 0 Å². The Bertz CT molecular complexity index is 1170. The number of aromatic nitrogens is 2. The second-order valence-corrected chi connectivity index (χ2v) is 7.90. The first-order chi connectivity index (χ1) is 16.0. The van der Waals surface area contributed by atoms with Crippen molar-refractivity contribution in [2.75, 3.05) is 19.0 Å². The largest absolute Gasteiger partial charge is 0.495 e. The van der Waals surface area contributed by atoms with E-state index in [1.54, 1.807) is 30.0 Å². The Morgan fingerprint density at radius 3 is 2.61 bits per heavy atom. The Labute approximate surface area is 191 Å². The topological polar surface area (TPSA) is 84.4 Å². The molecule has 1 saturated heterocycles. The number of para-hydroxylation sites is 2. The number of hydrogen-bond donors (Lipinski definition) is 1. The van der Waals surface area contributed by atoms with Crippen molar-refractivity contribution >= 4 is 17.5 Å². The number of likely N-dealkylation sites (tertiary alicyclic amines) is 1. The van der Waals surface area contributed by atoms with Crippen LogP contribution in [-0.4, -0.2) is 40.3 Å². The average molecular weight is 448 g/mol. The predicted octanol–water partition coefficient (Wildman–Crippen LogP) is 4.55. The maximum atomic E-state index is 13.3. The standard InChI is InChI=1S/C25H25FN4O3/c1-16-19(24(31)29-20-7-3-4-9-22(20)33-2)15-27-23(28-16)21-8-5-6-14-30(21)25(32)17-10-12-18(26)13-11-17/h3-4,7,9-13,15,21H,5-6,8,14H2,1-2H3,(H,29,31). The molecule has 1 aliphatic heterocycles. The van der Waals surface area contributed by atoms with Crippen molar-refractivity contribution in [3.63, 3.8) is 0 Å². The number of carbonyl (C=O) groups is 2. The molecule has 33 heavy (non-hydrogen) atoms. The van der Waals surface area contributed by atoms with Crippen LogP contribution < -0.4 is 10.1 Å². The zero-order chi connectivity index (χ0) is 23.4. The van der Waals surface area contributed by atoms with Crippen molar-refractivity contribution < 1.29 is 18.7 Å². The van der Waals surface area contributed by atoms with Gasteiger partial charge in [-0.3, -0.25) is 9.59 Å². The van der Waals surface area contributed by atoms with Gasteiger partial charge in [-0.1, -0.05) is 12.1 Å². The summed E-state index contributed by atoms with van der Waals surface area (Å²) in [4.78, 5) is 36.7. The van der Waals surface area contributed by atoms with Gasteiger partial charge >= 0.3 is 0 Å². The van der Waals surface area contributed by atoms with Crippen LogP contribution in [0, 0.1) is 12.7 Å². The summed E-state index contributed by atoms with van der Waals surface area (Å²) in [7, 11) is 1.54. The van der Waals surface area contributed by atoms with Crippen LogP contribution in [-0.2, 0) is 0 Å². The lowest BCUT2D eigenvalue weighted by Gasteiger charge is -2.35. The summed E-state index contributed by atoms with van der Waals surface area (Å²) in [6.45, 7) is 2.32. The van der Waals surface area contributed by atoms with Gasteiger partial charge in [0, 0.05) is 18.3 Å². The van der Waals surface area contributed by atoms with Crippen molar-refractivity contribution in [1.82, 2.24) is 14.9 Å². The van der Waals surface area contributed by atoms with Gasteiger partial charge in [0.15, 0.2) is 5.82 Å². The van der Waals surface area contributed by atoms with Gasteiger partial charge in [0.05, 0.1) is 30.1 Å². The van der Waals surface area contributed by atoms with E-state index in [2.05, 4.69) is 15.3 Å². The number of halogens is 1. The van der Waals surface area contributed by atoms with Crippen LogP contribution in [0.3, 0.4) is 0 Å². The predicted molar refractivity (Wildman–Crippen MR) is 122 cm³/mol. The van der Waals surface area contributed by atoms with Crippen molar-refractivity contribution in [2.45, 2.75) is 32.2 Å². The molecule has 0 aliphatic carbocycles. The Kier molecular flexibility index (Phi) is 6.63. The molecule has 4 rings (SSSR count). The summed E-state index contributed by atoms with van der Waals surface area (Å²) < 4.78 is 18.6. The molecule has 2 aromatic carbocycles. The molecule has 2 amide bonds. The number of benzene rings is 2. The van der Waals surface area contributed by atoms with E-state index in [-0.39, 0.29) is 23.7 Å². The molecule has 1 fully saturated rings. The summed E-state index contributed by atoms with van der Waals surface area (Å²) in [5.74, 6) is 0.141. The second-order valence-electron chi connectivity index (χ2n) is 7.90. The SMILES string of the molecule is COc1ccccc1NC(=O)c1cnc(C2CCCCN2C(=O)c2ccc(F)cc2)nc1C. The molecule has 1 N–H and O–H groups in total. The zero-order valence-corrected chi connectivity index (χ0v) is 18.5. The Balaban J connectivity index is 1.56. The highest BCUT2D eigenvalue weighted by molar-refractivity contribution is 6.05. The Hall–Kier alpha value is -3.81. The fourth-order valence-electron chi connectivity index (χ4n) is 4.01.